The molecule has 0 radical (unpaired) electrons. The molecular formula is C13H11Cl2NO2. The van der Waals surface area contributed by atoms with Crippen LogP contribution in [0.5, 0.6) is 0 Å². The molecule has 5 heteroatoms. The average molecular weight is 284 g/mol. The summed E-state index contributed by atoms with van der Waals surface area (Å²) in [6, 6.07) is 6.68. The molecule has 0 atom stereocenters. The fourth-order valence-electron chi connectivity index (χ4n) is 1.84. The smallest absolute Gasteiger partial charge is 0.273 e. The highest BCUT2D eigenvalue weighted by molar-refractivity contribution is 6.55. The van der Waals surface area contributed by atoms with E-state index in [0.717, 1.165) is 0 Å². The summed E-state index contributed by atoms with van der Waals surface area (Å²) in [5.41, 5.74) is 0.869. The molecule has 1 aliphatic rings. The van der Waals surface area contributed by atoms with Gasteiger partial charge in [-0.1, -0.05) is 42.3 Å². The van der Waals surface area contributed by atoms with Crippen LogP contribution in [-0.4, -0.2) is 23.3 Å². The molecule has 0 spiro atoms. The fourth-order valence-corrected chi connectivity index (χ4v) is 2.26. The lowest BCUT2D eigenvalue weighted by Crippen LogP contribution is -2.31. The van der Waals surface area contributed by atoms with Crippen molar-refractivity contribution in [3.63, 3.8) is 0 Å². The molecule has 0 saturated heterocycles. The minimum atomic E-state index is -0.423. The van der Waals surface area contributed by atoms with Crippen LogP contribution < -0.4 is 0 Å². The predicted molar refractivity (Wildman–Crippen MR) is 71.2 cm³/mol. The van der Waals surface area contributed by atoms with Gasteiger partial charge in [0, 0.05) is 11.6 Å². The van der Waals surface area contributed by atoms with E-state index in [1.807, 2.05) is 6.92 Å². The number of hydrogen-bond acceptors (Lipinski definition) is 2. The summed E-state index contributed by atoms with van der Waals surface area (Å²) in [4.78, 5) is 25.1. The van der Waals surface area contributed by atoms with Crippen LogP contribution in [0.4, 0.5) is 0 Å². The Labute approximate surface area is 115 Å². The summed E-state index contributed by atoms with van der Waals surface area (Å²) >= 11 is 11.7. The van der Waals surface area contributed by atoms with Crippen molar-refractivity contribution >= 4 is 40.6 Å². The Balaban J connectivity index is 2.41. The molecule has 18 heavy (non-hydrogen) atoms. The van der Waals surface area contributed by atoms with Crippen molar-refractivity contribution in [2.45, 2.75) is 13.3 Å². The summed E-state index contributed by atoms with van der Waals surface area (Å²) in [6.45, 7) is 2.28. The first-order valence-electron chi connectivity index (χ1n) is 5.58. The number of carbonyl (C=O) groups is 2. The van der Waals surface area contributed by atoms with E-state index in [4.69, 9.17) is 23.2 Å². The van der Waals surface area contributed by atoms with Crippen molar-refractivity contribution in [3.8, 4) is 0 Å². The number of nitrogens with zero attached hydrogens (tertiary/aromatic N) is 1. The van der Waals surface area contributed by atoms with Crippen LogP contribution in [0.15, 0.2) is 29.3 Å². The molecule has 3 nitrogen and oxygen atoms in total. The average Bonchev–Trinajstić information content (AvgIpc) is 2.56. The van der Waals surface area contributed by atoms with Gasteiger partial charge >= 0.3 is 0 Å². The van der Waals surface area contributed by atoms with Crippen molar-refractivity contribution in [1.82, 2.24) is 4.90 Å². The first kappa shape index (κ1) is 13.1. The predicted octanol–water partition coefficient (Wildman–Crippen LogP) is 3.07. The summed E-state index contributed by atoms with van der Waals surface area (Å²) in [5, 5.41) is 0.549. The third-order valence-electron chi connectivity index (χ3n) is 2.69. The second-order valence-electron chi connectivity index (χ2n) is 3.96. The second-order valence-corrected chi connectivity index (χ2v) is 4.77. The number of benzene rings is 1. The molecule has 2 rings (SSSR count). The highest BCUT2D eigenvalue weighted by Crippen LogP contribution is 2.32. The van der Waals surface area contributed by atoms with E-state index in [1.165, 1.54) is 4.90 Å². The molecule has 0 aromatic heterocycles. The molecule has 0 saturated carbocycles. The largest absolute Gasteiger partial charge is 0.274 e. The van der Waals surface area contributed by atoms with Gasteiger partial charge in [0.15, 0.2) is 0 Å². The van der Waals surface area contributed by atoms with Crippen LogP contribution in [-0.2, 0) is 9.59 Å². The Morgan fingerprint density at radius 3 is 2.22 bits per heavy atom. The summed E-state index contributed by atoms with van der Waals surface area (Å²) in [5.74, 6) is -0.761. The molecular weight excluding hydrogens is 273 g/mol. The van der Waals surface area contributed by atoms with E-state index in [1.54, 1.807) is 24.3 Å². The lowest BCUT2D eigenvalue weighted by atomic mass is 10.1. The quantitative estimate of drug-likeness (QED) is 0.800. The zero-order valence-electron chi connectivity index (χ0n) is 9.74. The molecule has 0 aliphatic carbocycles. The monoisotopic (exact) mass is 283 g/mol. The third kappa shape index (κ3) is 2.16. The van der Waals surface area contributed by atoms with Gasteiger partial charge in [-0.25, -0.2) is 0 Å². The van der Waals surface area contributed by atoms with E-state index in [2.05, 4.69) is 0 Å². The molecule has 1 aromatic carbocycles. The van der Waals surface area contributed by atoms with Gasteiger partial charge in [0.25, 0.3) is 11.8 Å². The molecule has 1 aromatic rings. The Morgan fingerprint density at radius 2 is 1.67 bits per heavy atom. The van der Waals surface area contributed by atoms with Crippen LogP contribution in [0.3, 0.4) is 0 Å². The summed E-state index contributed by atoms with van der Waals surface area (Å²) in [7, 11) is 0. The number of rotatable bonds is 3. The van der Waals surface area contributed by atoms with Crippen molar-refractivity contribution < 1.29 is 9.59 Å². The standard InChI is InChI=1S/C13H11Cl2NO2/c1-2-7-16-12(17)10(11(15)13(16)18)8-3-5-9(14)6-4-8/h3-6H,2,7H2,1H3. The van der Waals surface area contributed by atoms with Crippen LogP contribution >= 0.6 is 23.2 Å². The lowest BCUT2D eigenvalue weighted by Gasteiger charge is -2.12. The minimum Gasteiger partial charge on any atom is -0.274 e. The van der Waals surface area contributed by atoms with Crippen LogP contribution in [0, 0.1) is 0 Å². The van der Waals surface area contributed by atoms with Crippen LogP contribution in [0.2, 0.25) is 5.02 Å². The normalized spacial score (nSPS) is 15.8. The van der Waals surface area contributed by atoms with E-state index < -0.39 is 5.91 Å². The second kappa shape index (κ2) is 5.12. The SMILES string of the molecule is CCCN1C(=O)C(Cl)=C(c2ccc(Cl)cc2)C1=O. The van der Waals surface area contributed by atoms with Gasteiger partial charge in [-0.05, 0) is 24.1 Å². The molecule has 0 fully saturated rings. The maximum absolute atomic E-state index is 12.1. The Kier molecular flexibility index (Phi) is 3.73. The molecule has 1 aliphatic heterocycles. The van der Waals surface area contributed by atoms with Gasteiger partial charge in [0.05, 0.1) is 5.57 Å². The topological polar surface area (TPSA) is 37.4 Å². The van der Waals surface area contributed by atoms with E-state index in [0.29, 0.717) is 23.6 Å². The Morgan fingerprint density at radius 1 is 1.06 bits per heavy atom. The van der Waals surface area contributed by atoms with E-state index in [-0.39, 0.29) is 16.5 Å². The first-order valence-corrected chi connectivity index (χ1v) is 6.33. The molecule has 0 bridgehead atoms. The van der Waals surface area contributed by atoms with Gasteiger partial charge in [0.1, 0.15) is 5.03 Å². The molecule has 2 amide bonds. The first-order chi connectivity index (χ1) is 8.56. The number of hydrogen-bond donors (Lipinski definition) is 0. The van der Waals surface area contributed by atoms with Crippen molar-refractivity contribution in [2.24, 2.45) is 0 Å². The molecule has 94 valence electrons. The highest BCUT2D eigenvalue weighted by atomic mass is 35.5. The Hall–Kier alpha value is -1.32. The van der Waals surface area contributed by atoms with Gasteiger partial charge in [-0.2, -0.15) is 0 Å². The van der Waals surface area contributed by atoms with Crippen molar-refractivity contribution in [1.29, 1.82) is 0 Å². The van der Waals surface area contributed by atoms with Crippen LogP contribution in [0.1, 0.15) is 18.9 Å². The third-order valence-corrected chi connectivity index (χ3v) is 3.29. The highest BCUT2D eigenvalue weighted by Gasteiger charge is 2.37. The van der Waals surface area contributed by atoms with Crippen molar-refractivity contribution in [3.05, 3.63) is 39.9 Å². The maximum atomic E-state index is 12.1. The van der Waals surface area contributed by atoms with Gasteiger partial charge < -0.3 is 0 Å². The minimum absolute atomic E-state index is 0.0178. The molecule has 1 heterocycles. The van der Waals surface area contributed by atoms with Gasteiger partial charge in [-0.15, -0.1) is 0 Å². The number of amides is 2. The van der Waals surface area contributed by atoms with Crippen molar-refractivity contribution in [2.75, 3.05) is 6.54 Å². The number of halogens is 2. The lowest BCUT2D eigenvalue weighted by molar-refractivity contribution is -0.136. The van der Waals surface area contributed by atoms with Crippen LogP contribution in [0.25, 0.3) is 5.57 Å². The maximum Gasteiger partial charge on any atom is 0.273 e. The zero-order chi connectivity index (χ0) is 13.3. The summed E-state index contributed by atoms with van der Waals surface area (Å²) < 4.78 is 0. The van der Waals surface area contributed by atoms with E-state index in [9.17, 15) is 9.59 Å². The fraction of sp³-hybridized carbons (Fsp3) is 0.231. The van der Waals surface area contributed by atoms with E-state index >= 15 is 0 Å². The zero-order valence-corrected chi connectivity index (χ0v) is 11.3. The molecule has 0 unspecified atom stereocenters. The number of imide groups is 1. The number of carbonyl (C=O) groups excluding carboxylic acids is 2. The molecule has 0 N–H and O–H groups in total. The van der Waals surface area contributed by atoms with Gasteiger partial charge in [0.2, 0.25) is 0 Å². The Bertz CT molecular complexity index is 534. The van der Waals surface area contributed by atoms with Gasteiger partial charge in [-0.3, -0.25) is 14.5 Å². The summed E-state index contributed by atoms with van der Waals surface area (Å²) in [6.07, 6.45) is 0.704.